The average Bonchev–Trinajstić information content (AvgIpc) is 2.68. The second-order valence-electron chi connectivity index (χ2n) is 7.88. The molecule has 9 nitrogen and oxygen atoms in total. The van der Waals surface area contributed by atoms with Crippen LogP contribution in [0.3, 0.4) is 0 Å². The van der Waals surface area contributed by atoms with Crippen LogP contribution in [0, 0.1) is 0 Å². The Morgan fingerprint density at radius 2 is 1.32 bits per heavy atom. The summed E-state index contributed by atoms with van der Waals surface area (Å²) in [6.07, 6.45) is 18.2. The molecule has 0 aromatic rings. The van der Waals surface area contributed by atoms with Gasteiger partial charge in [-0.2, -0.15) is 8.42 Å². The minimum absolute atomic E-state index is 0. The number of rotatable bonds is 20. The minimum atomic E-state index is -5.08. The van der Waals surface area contributed by atoms with Crippen molar-refractivity contribution in [3.05, 3.63) is 12.2 Å². The summed E-state index contributed by atoms with van der Waals surface area (Å²) in [6, 6.07) is -1.69. The van der Waals surface area contributed by atoms with Gasteiger partial charge in [0.15, 0.2) is 0 Å². The fraction of sp³-hybridized carbons (Fsp3) is 0.773. The fourth-order valence-electron chi connectivity index (χ4n) is 3.15. The van der Waals surface area contributed by atoms with E-state index in [1.807, 2.05) is 0 Å². The van der Waals surface area contributed by atoms with Crippen LogP contribution in [0.4, 0.5) is 0 Å². The van der Waals surface area contributed by atoms with Gasteiger partial charge in [-0.15, -0.1) is 0 Å². The zero-order valence-electron chi connectivity index (χ0n) is 19.1. The van der Waals surface area contributed by atoms with Crippen LogP contribution in [-0.2, 0) is 29.0 Å². The number of hydrogen-bond acceptors (Lipinski definition) is 6. The van der Waals surface area contributed by atoms with Crippen molar-refractivity contribution in [1.29, 1.82) is 0 Å². The Labute approximate surface area is 248 Å². The first kappa shape index (κ1) is 38.6. The van der Waals surface area contributed by atoms with Crippen LogP contribution in [-0.4, -0.2) is 101 Å². The first-order valence-corrected chi connectivity index (χ1v) is 12.9. The molecule has 190 valence electrons. The number of allylic oxidation sites excluding steroid dienone is 2. The van der Waals surface area contributed by atoms with Gasteiger partial charge in [-0.25, -0.2) is 4.79 Å². The molecule has 12 heteroatoms. The molecule has 0 rings (SSSR count). The Kier molecular flexibility index (Phi) is 28.1. The third kappa shape index (κ3) is 26.7. The predicted molar refractivity (Wildman–Crippen MR) is 136 cm³/mol. The molecule has 1 atom stereocenters. The zero-order chi connectivity index (χ0) is 24.2. The summed E-state index contributed by atoms with van der Waals surface area (Å²) >= 11 is 0. The average molecular weight is 526 g/mol. The van der Waals surface area contributed by atoms with Gasteiger partial charge in [-0.05, 0) is 32.1 Å². The Hall–Kier alpha value is 0.0600. The van der Waals surface area contributed by atoms with Crippen LogP contribution in [0.15, 0.2) is 12.2 Å². The SMILES string of the molecule is CCCCCCCCC=CCCCCCCCC(=O)NC(CC(=O)O)C(=O)OS(=O)(=O)O.[NaH].[NaH]. The molecule has 0 saturated carbocycles. The van der Waals surface area contributed by atoms with Gasteiger partial charge in [-0.3, -0.25) is 14.1 Å². The molecule has 0 spiro atoms. The molecule has 0 aromatic carbocycles. The van der Waals surface area contributed by atoms with Gasteiger partial charge in [0, 0.05) is 6.42 Å². The monoisotopic (exact) mass is 525 g/mol. The first-order chi connectivity index (χ1) is 15.2. The molecule has 0 heterocycles. The molecule has 0 aromatic heterocycles. The summed E-state index contributed by atoms with van der Waals surface area (Å²) in [4.78, 5) is 34.3. The molecule has 0 aliphatic carbocycles. The first-order valence-electron chi connectivity index (χ1n) is 11.5. The maximum atomic E-state index is 11.9. The number of nitrogens with one attached hydrogen (secondary N) is 1. The maximum absolute atomic E-state index is 11.9. The standard InChI is InChI=1S/C22H39NO8S.2Na.2H/c1-2-3-4-5-6-7-8-9-10-11-12-13-14-15-16-17-20(24)23-19(18-21(25)26)22(27)31-32(28,29)30;;;;/h9-10,19H,2-8,11-18H2,1H3,(H,23,24)(H,25,26)(H,28,29,30);;;;. The summed E-state index contributed by atoms with van der Waals surface area (Å²) in [5.74, 6) is -3.56. The van der Waals surface area contributed by atoms with E-state index in [9.17, 15) is 22.8 Å². The van der Waals surface area contributed by atoms with Crippen molar-refractivity contribution in [2.75, 3.05) is 0 Å². The number of carboxylic acid groups (broad SMARTS) is 1. The number of unbranched alkanes of at least 4 members (excludes halogenated alkanes) is 11. The number of carboxylic acids is 1. The molecule has 0 saturated heterocycles. The van der Waals surface area contributed by atoms with Crippen molar-refractivity contribution in [2.45, 2.75) is 109 Å². The molecule has 0 aliphatic heterocycles. The molecule has 3 N–H and O–H groups in total. The van der Waals surface area contributed by atoms with E-state index in [-0.39, 0.29) is 65.5 Å². The number of amides is 1. The van der Waals surface area contributed by atoms with E-state index in [0.717, 1.165) is 38.5 Å². The Morgan fingerprint density at radius 3 is 1.79 bits per heavy atom. The topological polar surface area (TPSA) is 147 Å². The van der Waals surface area contributed by atoms with E-state index in [2.05, 4.69) is 28.6 Å². The van der Waals surface area contributed by atoms with E-state index in [0.29, 0.717) is 6.42 Å². The molecular weight excluding hydrogens is 484 g/mol. The molecule has 0 fully saturated rings. The van der Waals surface area contributed by atoms with Crippen LogP contribution in [0.5, 0.6) is 0 Å². The van der Waals surface area contributed by atoms with E-state index in [1.54, 1.807) is 0 Å². The van der Waals surface area contributed by atoms with E-state index >= 15 is 0 Å². The van der Waals surface area contributed by atoms with Crippen molar-refractivity contribution in [1.82, 2.24) is 5.32 Å². The van der Waals surface area contributed by atoms with Crippen molar-refractivity contribution < 1.29 is 36.6 Å². The predicted octanol–water partition coefficient (Wildman–Crippen LogP) is 3.03. The van der Waals surface area contributed by atoms with Gasteiger partial charge in [-0.1, -0.05) is 70.4 Å². The van der Waals surface area contributed by atoms with Gasteiger partial charge in [0.2, 0.25) is 5.91 Å². The Bertz CT molecular complexity index is 686. The van der Waals surface area contributed by atoms with Crippen molar-refractivity contribution >= 4 is 87.4 Å². The van der Waals surface area contributed by atoms with Gasteiger partial charge in [0.25, 0.3) is 0 Å². The van der Waals surface area contributed by atoms with Crippen LogP contribution in [0.2, 0.25) is 0 Å². The third-order valence-electron chi connectivity index (χ3n) is 4.85. The summed E-state index contributed by atoms with van der Waals surface area (Å²) in [6.45, 7) is 2.22. The Balaban J connectivity index is -0.00000480. The van der Waals surface area contributed by atoms with Gasteiger partial charge < -0.3 is 14.6 Å². The number of carbonyl (C=O) groups is 3. The Morgan fingerprint density at radius 1 is 0.853 bits per heavy atom. The quantitative estimate of drug-likeness (QED) is 0.0951. The van der Waals surface area contributed by atoms with Crippen LogP contribution < -0.4 is 5.32 Å². The summed E-state index contributed by atoms with van der Waals surface area (Å²) in [7, 11) is -5.08. The normalized spacial score (nSPS) is 11.8. The molecule has 1 amide bonds. The van der Waals surface area contributed by atoms with Crippen LogP contribution in [0.25, 0.3) is 0 Å². The van der Waals surface area contributed by atoms with Crippen LogP contribution >= 0.6 is 0 Å². The van der Waals surface area contributed by atoms with E-state index < -0.39 is 40.7 Å². The summed E-state index contributed by atoms with van der Waals surface area (Å²) < 4.78 is 33.4. The summed E-state index contributed by atoms with van der Waals surface area (Å²) in [5, 5.41) is 10.9. The van der Waals surface area contributed by atoms with Gasteiger partial charge in [0.1, 0.15) is 6.04 Å². The molecule has 0 bridgehead atoms. The number of aliphatic carboxylic acids is 1. The number of carbonyl (C=O) groups excluding carboxylic acids is 2. The fourth-order valence-corrected chi connectivity index (χ4v) is 3.48. The molecule has 1 unspecified atom stereocenters. The van der Waals surface area contributed by atoms with Gasteiger partial charge >= 0.3 is 81.5 Å². The third-order valence-corrected chi connectivity index (χ3v) is 5.23. The summed E-state index contributed by atoms with van der Waals surface area (Å²) in [5.41, 5.74) is 0. The number of hydrogen-bond donors (Lipinski definition) is 3. The van der Waals surface area contributed by atoms with E-state index in [4.69, 9.17) is 9.66 Å². The molecular formula is C22H41NNa2O8S. The second kappa shape index (κ2) is 24.7. The second-order valence-corrected chi connectivity index (χ2v) is 8.90. The molecule has 34 heavy (non-hydrogen) atoms. The van der Waals surface area contributed by atoms with Crippen molar-refractivity contribution in [3.63, 3.8) is 0 Å². The van der Waals surface area contributed by atoms with Gasteiger partial charge in [0.05, 0.1) is 6.42 Å². The van der Waals surface area contributed by atoms with Crippen molar-refractivity contribution in [2.24, 2.45) is 0 Å². The van der Waals surface area contributed by atoms with E-state index in [1.165, 1.54) is 38.5 Å². The molecule has 0 radical (unpaired) electrons. The van der Waals surface area contributed by atoms with Crippen LogP contribution in [0.1, 0.15) is 103 Å². The molecule has 0 aliphatic rings. The zero-order valence-corrected chi connectivity index (χ0v) is 19.9. The van der Waals surface area contributed by atoms with Crippen molar-refractivity contribution in [3.8, 4) is 0 Å².